The number of fused-ring (bicyclic) bond motifs is 2. The molecule has 0 fully saturated rings. The van der Waals surface area contributed by atoms with Gasteiger partial charge in [0.1, 0.15) is 27.8 Å². The van der Waals surface area contributed by atoms with Crippen LogP contribution in [0.15, 0.2) is 53.6 Å². The number of benzene rings is 2. The number of aromatic nitrogens is 4. The predicted molar refractivity (Wildman–Crippen MR) is 156 cm³/mol. The van der Waals surface area contributed by atoms with Crippen LogP contribution in [0.3, 0.4) is 0 Å². The van der Waals surface area contributed by atoms with Crippen LogP contribution in [0.1, 0.15) is 54.9 Å². The highest BCUT2D eigenvalue weighted by Gasteiger charge is 2.35. The predicted octanol–water partition coefficient (Wildman–Crippen LogP) is 4.13. The summed E-state index contributed by atoms with van der Waals surface area (Å²) in [4.78, 5) is 17.1. The Balaban J connectivity index is 1.57. The van der Waals surface area contributed by atoms with Crippen LogP contribution in [0, 0.1) is 6.92 Å². The molecule has 2 aromatic heterocycles. The maximum atomic E-state index is 13.8. The molecule has 2 atom stereocenters. The average molecular weight is 594 g/mol. The Morgan fingerprint density at radius 3 is 2.71 bits per heavy atom. The van der Waals surface area contributed by atoms with Gasteiger partial charge in [0.15, 0.2) is 0 Å². The fourth-order valence-corrected chi connectivity index (χ4v) is 6.82. The first kappa shape index (κ1) is 29.5. The van der Waals surface area contributed by atoms with Gasteiger partial charge in [0, 0.05) is 25.7 Å². The van der Waals surface area contributed by atoms with E-state index in [0.29, 0.717) is 17.7 Å². The van der Waals surface area contributed by atoms with Crippen molar-refractivity contribution in [1.29, 1.82) is 0 Å². The number of pyridine rings is 1. The summed E-state index contributed by atoms with van der Waals surface area (Å²) in [6, 6.07) is 12.8. The van der Waals surface area contributed by atoms with Crippen LogP contribution in [0.4, 0.5) is 0 Å². The highest BCUT2D eigenvalue weighted by Crippen LogP contribution is 2.36. The smallest absolute Gasteiger partial charge is 0.306 e. The topological polar surface area (TPSA) is 126 Å². The van der Waals surface area contributed by atoms with Crippen LogP contribution in [0.2, 0.25) is 0 Å². The molecule has 0 radical (unpaired) electrons. The first-order chi connectivity index (χ1) is 20.2. The molecule has 12 heteroatoms. The van der Waals surface area contributed by atoms with Gasteiger partial charge in [-0.2, -0.15) is 4.31 Å². The van der Waals surface area contributed by atoms with Gasteiger partial charge in [-0.15, -0.1) is 5.10 Å². The van der Waals surface area contributed by atoms with Crippen molar-refractivity contribution in [3.05, 3.63) is 70.9 Å². The molecule has 1 aliphatic heterocycles. The molecule has 4 aromatic rings. The van der Waals surface area contributed by atoms with Gasteiger partial charge in [-0.1, -0.05) is 30.3 Å². The lowest BCUT2D eigenvalue weighted by Gasteiger charge is -2.24. The third-order valence-corrected chi connectivity index (χ3v) is 9.43. The number of hydrogen-bond donors (Lipinski definition) is 0. The van der Waals surface area contributed by atoms with E-state index in [2.05, 4.69) is 15.3 Å². The van der Waals surface area contributed by atoms with Gasteiger partial charge in [0.2, 0.25) is 15.9 Å². The molecule has 0 aliphatic carbocycles. The monoisotopic (exact) mass is 593 g/mol. The largest absolute Gasteiger partial charge is 0.494 e. The lowest BCUT2D eigenvalue weighted by atomic mass is 9.86. The molecule has 3 heterocycles. The van der Waals surface area contributed by atoms with Gasteiger partial charge in [0.05, 0.1) is 26.7 Å². The number of rotatable bonds is 9. The number of esters is 1. The van der Waals surface area contributed by atoms with Crippen molar-refractivity contribution in [3.8, 4) is 11.6 Å². The molecule has 0 spiro atoms. The summed E-state index contributed by atoms with van der Waals surface area (Å²) in [6.45, 7) is 6.26. The summed E-state index contributed by atoms with van der Waals surface area (Å²) < 4.78 is 47.6. The third-order valence-electron chi connectivity index (χ3n) is 7.60. The minimum Gasteiger partial charge on any atom is -0.494 e. The van der Waals surface area contributed by atoms with E-state index >= 15 is 0 Å². The zero-order valence-electron chi connectivity index (χ0n) is 24.4. The lowest BCUT2D eigenvalue weighted by molar-refractivity contribution is -0.143. The van der Waals surface area contributed by atoms with E-state index < -0.39 is 15.9 Å². The number of methoxy groups -OCH3 is 1. The number of hydrogen-bond acceptors (Lipinski definition) is 9. The molecule has 42 heavy (non-hydrogen) atoms. The van der Waals surface area contributed by atoms with Crippen molar-refractivity contribution < 1.29 is 27.4 Å². The molecular weight excluding hydrogens is 558 g/mol. The highest BCUT2D eigenvalue weighted by molar-refractivity contribution is 7.89. The highest BCUT2D eigenvalue weighted by atomic mass is 32.2. The van der Waals surface area contributed by atoms with Crippen molar-refractivity contribution in [2.75, 3.05) is 20.3 Å². The second-order valence-electron chi connectivity index (χ2n) is 10.3. The fourth-order valence-electron chi connectivity index (χ4n) is 5.30. The van der Waals surface area contributed by atoms with Gasteiger partial charge in [-0.3, -0.25) is 4.79 Å². The normalized spacial score (nSPS) is 17.2. The SMILES string of the molecule is CCOC(=O)CC(c1ccc(C)c(CN2CC(CC)Oc3ncccc3S2(=O)=O)c1)c1cc(OC)c2c(c1)nnn2C. The van der Waals surface area contributed by atoms with Crippen molar-refractivity contribution >= 4 is 27.0 Å². The van der Waals surface area contributed by atoms with Crippen molar-refractivity contribution in [2.24, 2.45) is 7.05 Å². The number of nitrogens with zero attached hydrogens (tertiary/aromatic N) is 5. The summed E-state index contributed by atoms with van der Waals surface area (Å²) in [5, 5.41) is 8.40. The molecule has 11 nitrogen and oxygen atoms in total. The Morgan fingerprint density at radius 2 is 1.98 bits per heavy atom. The quantitative estimate of drug-likeness (QED) is 0.263. The molecule has 0 amide bonds. The van der Waals surface area contributed by atoms with Crippen LogP contribution in [0.25, 0.3) is 11.0 Å². The Hall–Kier alpha value is -4.03. The van der Waals surface area contributed by atoms with E-state index in [1.54, 1.807) is 31.8 Å². The molecule has 2 aromatic carbocycles. The summed E-state index contributed by atoms with van der Waals surface area (Å²) in [5.74, 6) is -0.0315. The average Bonchev–Trinajstić information content (AvgIpc) is 3.31. The van der Waals surface area contributed by atoms with Crippen LogP contribution >= 0.6 is 0 Å². The Kier molecular flexibility index (Phi) is 8.46. The summed E-state index contributed by atoms with van der Waals surface area (Å²) in [5.41, 5.74) is 4.78. The lowest BCUT2D eigenvalue weighted by Crippen LogP contribution is -2.36. The summed E-state index contributed by atoms with van der Waals surface area (Å²) >= 11 is 0. The number of sulfonamides is 1. The third kappa shape index (κ3) is 5.68. The van der Waals surface area contributed by atoms with Crippen LogP contribution < -0.4 is 9.47 Å². The van der Waals surface area contributed by atoms with Gasteiger partial charge >= 0.3 is 5.97 Å². The van der Waals surface area contributed by atoms with Crippen LogP contribution in [-0.2, 0) is 33.1 Å². The van der Waals surface area contributed by atoms with E-state index in [0.717, 1.165) is 27.8 Å². The van der Waals surface area contributed by atoms with E-state index in [1.165, 1.54) is 16.6 Å². The molecule has 0 N–H and O–H groups in total. The van der Waals surface area contributed by atoms with Gasteiger partial charge in [0.25, 0.3) is 0 Å². The first-order valence-electron chi connectivity index (χ1n) is 13.9. The number of carbonyl (C=O) groups is 1. The van der Waals surface area contributed by atoms with Gasteiger partial charge in [-0.05, 0) is 66.8 Å². The number of aryl methyl sites for hydroxylation is 2. The maximum Gasteiger partial charge on any atom is 0.306 e. The molecule has 5 rings (SSSR count). The van der Waals surface area contributed by atoms with Crippen molar-refractivity contribution in [3.63, 3.8) is 0 Å². The number of ether oxygens (including phenoxy) is 3. The van der Waals surface area contributed by atoms with E-state index in [4.69, 9.17) is 14.2 Å². The summed E-state index contributed by atoms with van der Waals surface area (Å²) in [7, 11) is -0.509. The molecule has 0 bridgehead atoms. The van der Waals surface area contributed by atoms with E-state index in [9.17, 15) is 13.2 Å². The van der Waals surface area contributed by atoms with Crippen LogP contribution in [0.5, 0.6) is 11.6 Å². The standard InChI is InChI=1S/C30H35N5O6S/c1-6-23-18-35(42(37,38)27-9-8-12-31-30(27)41-23)17-22-13-20(11-10-19(22)3)24(16-28(36)40-7-2)21-14-25-29(26(15-21)39-5)34(4)33-32-25/h8-15,23-24H,6-7,16-18H2,1-5H3. The Morgan fingerprint density at radius 1 is 1.17 bits per heavy atom. The van der Waals surface area contributed by atoms with Gasteiger partial charge in [-0.25, -0.2) is 18.1 Å². The molecule has 0 saturated heterocycles. The summed E-state index contributed by atoms with van der Waals surface area (Å²) in [6.07, 6.45) is 1.89. The molecule has 222 valence electrons. The van der Waals surface area contributed by atoms with Gasteiger partial charge < -0.3 is 14.2 Å². The minimum atomic E-state index is -3.88. The molecule has 1 aliphatic rings. The van der Waals surface area contributed by atoms with E-state index in [1.807, 2.05) is 44.2 Å². The molecule has 2 unspecified atom stereocenters. The fraction of sp³-hybridized carbons (Fsp3) is 0.400. The molecule has 0 saturated carbocycles. The van der Waals surface area contributed by atoms with Crippen molar-refractivity contribution in [1.82, 2.24) is 24.3 Å². The second kappa shape index (κ2) is 12.1. The zero-order chi connectivity index (χ0) is 30.0. The Bertz CT molecular complexity index is 1720. The zero-order valence-corrected chi connectivity index (χ0v) is 25.2. The Labute approximate surface area is 245 Å². The first-order valence-corrected chi connectivity index (χ1v) is 15.3. The maximum absolute atomic E-state index is 13.8. The van der Waals surface area contributed by atoms with Crippen LogP contribution in [-0.4, -0.2) is 65.0 Å². The van der Waals surface area contributed by atoms with E-state index in [-0.39, 0.29) is 49.0 Å². The minimum absolute atomic E-state index is 0.0549. The van der Waals surface area contributed by atoms with Crippen molar-refractivity contribution in [2.45, 2.75) is 57.1 Å². The molecular formula is C30H35N5O6S. The number of carbonyl (C=O) groups excluding carboxylic acids is 1. The second-order valence-corrected chi connectivity index (χ2v) is 12.2.